The van der Waals surface area contributed by atoms with Crippen molar-refractivity contribution in [2.75, 3.05) is 19.8 Å². The molecule has 2 fully saturated rings. The van der Waals surface area contributed by atoms with Crippen LogP contribution < -0.4 is 10.6 Å². The van der Waals surface area contributed by atoms with Crippen LogP contribution in [-0.4, -0.2) is 151 Å². The van der Waals surface area contributed by atoms with E-state index in [1.807, 2.05) is 48.5 Å². The number of carbonyl (C=O) groups is 7. The second kappa shape index (κ2) is 22.2. The summed E-state index contributed by atoms with van der Waals surface area (Å²) in [5.74, 6) is -5.48. The van der Waals surface area contributed by atoms with Crippen molar-refractivity contribution in [3.8, 4) is 11.1 Å². The Morgan fingerprint density at radius 1 is 0.697 bits per heavy atom. The van der Waals surface area contributed by atoms with Crippen LogP contribution >= 0.6 is 0 Å². The number of aliphatic hydroxyl groups excluding tert-OH is 2. The summed E-state index contributed by atoms with van der Waals surface area (Å²) in [7, 11) is 0. The smallest absolute Gasteiger partial charge is 0.407 e. The lowest BCUT2D eigenvalue weighted by Crippen LogP contribution is -2.69. The molecular weight excluding hydrogens is 872 g/mol. The third kappa shape index (κ3) is 13.0. The summed E-state index contributed by atoms with van der Waals surface area (Å²) in [6.45, 7) is 9.96. The van der Waals surface area contributed by atoms with Gasteiger partial charge >= 0.3 is 35.9 Å². The number of aliphatic hydroxyl groups is 2. The lowest BCUT2D eigenvalue weighted by Gasteiger charge is -2.49. The maximum atomic E-state index is 13.8. The van der Waals surface area contributed by atoms with Crippen molar-refractivity contribution in [3.05, 3.63) is 59.7 Å². The number of alkyl carbamates (subject to hydrolysis) is 1. The highest BCUT2D eigenvalue weighted by atomic mass is 16.8. The SMILES string of the molecule is CC(=O)N[C@H]1[C@@H](O[C@@H](C)[C@H](NC(=O)OCC2c3ccccc3-c3ccccc32)C(=O)OC(C)(C)C)O[C@H](CO)[C@H](O)[C@@H]1O[C@@H]1O[C@H](COC(C)=O)[C@H](OC(C)=O)[C@H](OC(C)=O)[C@H]1OC(C)=O. The second-order valence-electron chi connectivity index (χ2n) is 16.9. The average Bonchev–Trinajstić information content (AvgIpc) is 3.54. The molecule has 0 radical (unpaired) electrons. The van der Waals surface area contributed by atoms with E-state index >= 15 is 0 Å². The largest absolute Gasteiger partial charge is 0.463 e. The fourth-order valence-corrected chi connectivity index (χ4v) is 7.98. The molecule has 1 aliphatic carbocycles. The van der Waals surface area contributed by atoms with E-state index in [-0.39, 0.29) is 12.5 Å². The van der Waals surface area contributed by atoms with Gasteiger partial charge in [0, 0.05) is 40.5 Å². The summed E-state index contributed by atoms with van der Waals surface area (Å²) in [5.41, 5.74) is 2.85. The van der Waals surface area contributed by atoms with Gasteiger partial charge in [-0.05, 0) is 49.9 Å². The van der Waals surface area contributed by atoms with Crippen LogP contribution in [0.15, 0.2) is 48.5 Å². The van der Waals surface area contributed by atoms with E-state index in [0.29, 0.717) is 0 Å². The van der Waals surface area contributed by atoms with Crippen LogP contribution in [-0.2, 0) is 76.1 Å². The van der Waals surface area contributed by atoms with Crippen LogP contribution in [0.2, 0.25) is 0 Å². The number of rotatable bonds is 16. The molecule has 2 saturated heterocycles. The van der Waals surface area contributed by atoms with E-state index in [9.17, 15) is 43.8 Å². The topological polar surface area (TPSA) is 276 Å². The van der Waals surface area contributed by atoms with Gasteiger partial charge in [0.1, 0.15) is 49.3 Å². The van der Waals surface area contributed by atoms with Gasteiger partial charge in [0.05, 0.1) is 12.7 Å². The Labute approximate surface area is 380 Å². The maximum absolute atomic E-state index is 13.8. The molecule has 0 bridgehead atoms. The molecule has 21 heteroatoms. The average molecular weight is 931 g/mol. The zero-order chi connectivity index (χ0) is 48.6. The number of hydrogen-bond donors (Lipinski definition) is 4. The number of benzene rings is 2. The summed E-state index contributed by atoms with van der Waals surface area (Å²) in [6.07, 6.45) is -17.4. The van der Waals surface area contributed by atoms with Crippen LogP contribution in [0.25, 0.3) is 11.1 Å². The van der Waals surface area contributed by atoms with Crippen molar-refractivity contribution in [2.24, 2.45) is 0 Å². The highest BCUT2D eigenvalue weighted by molar-refractivity contribution is 5.83. The van der Waals surface area contributed by atoms with Crippen LogP contribution in [0, 0.1) is 0 Å². The van der Waals surface area contributed by atoms with Gasteiger partial charge in [0.2, 0.25) is 5.91 Å². The van der Waals surface area contributed by atoms with Gasteiger partial charge in [0.15, 0.2) is 36.9 Å². The van der Waals surface area contributed by atoms with E-state index in [2.05, 4.69) is 10.6 Å². The number of esters is 5. The zero-order valence-corrected chi connectivity index (χ0v) is 38.1. The van der Waals surface area contributed by atoms with Gasteiger partial charge < -0.3 is 68.2 Å². The molecule has 5 rings (SSSR count). The van der Waals surface area contributed by atoms with Crippen LogP contribution in [0.5, 0.6) is 0 Å². The summed E-state index contributed by atoms with van der Waals surface area (Å²) >= 11 is 0. The van der Waals surface area contributed by atoms with Gasteiger partial charge in [-0.3, -0.25) is 24.0 Å². The number of hydrogen-bond acceptors (Lipinski definition) is 19. The van der Waals surface area contributed by atoms with Crippen molar-refractivity contribution < 1.29 is 91.1 Å². The van der Waals surface area contributed by atoms with Crippen molar-refractivity contribution in [3.63, 3.8) is 0 Å². The van der Waals surface area contributed by atoms with E-state index in [4.69, 9.17) is 47.4 Å². The monoisotopic (exact) mass is 930 g/mol. The van der Waals surface area contributed by atoms with Crippen LogP contribution in [0.1, 0.15) is 79.4 Å². The predicted molar refractivity (Wildman–Crippen MR) is 225 cm³/mol. The number of carbonyl (C=O) groups excluding carboxylic acids is 7. The lowest BCUT2D eigenvalue weighted by atomic mass is 9.95. The molecule has 2 aromatic rings. The van der Waals surface area contributed by atoms with Crippen molar-refractivity contribution in [1.29, 1.82) is 0 Å². The molecule has 4 N–H and O–H groups in total. The van der Waals surface area contributed by atoms with Gasteiger partial charge in [-0.1, -0.05) is 48.5 Å². The number of amides is 2. The Bertz CT molecular complexity index is 2040. The van der Waals surface area contributed by atoms with Crippen molar-refractivity contribution in [2.45, 2.75) is 147 Å². The third-order valence-electron chi connectivity index (χ3n) is 10.6. The fraction of sp³-hybridized carbons (Fsp3) is 0.578. The molecule has 0 unspecified atom stereocenters. The molecule has 2 aliphatic heterocycles. The Morgan fingerprint density at radius 2 is 1.24 bits per heavy atom. The van der Waals surface area contributed by atoms with E-state index < -0.39 is 134 Å². The molecule has 66 heavy (non-hydrogen) atoms. The van der Waals surface area contributed by atoms with Crippen LogP contribution in [0.3, 0.4) is 0 Å². The van der Waals surface area contributed by atoms with Gasteiger partial charge in [-0.15, -0.1) is 0 Å². The Hall–Kier alpha value is -5.71. The van der Waals surface area contributed by atoms with E-state index in [1.165, 1.54) is 6.92 Å². The fourth-order valence-electron chi connectivity index (χ4n) is 7.98. The van der Waals surface area contributed by atoms with Crippen molar-refractivity contribution in [1.82, 2.24) is 10.6 Å². The van der Waals surface area contributed by atoms with Crippen molar-refractivity contribution >= 4 is 41.8 Å². The minimum Gasteiger partial charge on any atom is -0.463 e. The first-order valence-corrected chi connectivity index (χ1v) is 21.3. The van der Waals surface area contributed by atoms with Crippen LogP contribution in [0.4, 0.5) is 4.79 Å². The normalized spacial score (nSPS) is 26.8. The number of fused-ring (bicyclic) bond motifs is 3. The van der Waals surface area contributed by atoms with Gasteiger partial charge in [0.25, 0.3) is 0 Å². The molecule has 2 amide bonds. The summed E-state index contributed by atoms with van der Waals surface area (Å²) in [5, 5.41) is 27.2. The summed E-state index contributed by atoms with van der Waals surface area (Å²) < 4.78 is 57.6. The highest BCUT2D eigenvalue weighted by Gasteiger charge is 2.56. The highest BCUT2D eigenvalue weighted by Crippen LogP contribution is 2.44. The predicted octanol–water partition coefficient (Wildman–Crippen LogP) is 1.69. The first-order valence-electron chi connectivity index (χ1n) is 21.3. The third-order valence-corrected chi connectivity index (χ3v) is 10.6. The minimum absolute atomic E-state index is 0.0964. The Morgan fingerprint density at radius 3 is 1.77 bits per heavy atom. The maximum Gasteiger partial charge on any atom is 0.407 e. The molecule has 2 aromatic carbocycles. The molecule has 2 heterocycles. The first-order chi connectivity index (χ1) is 31.1. The quantitative estimate of drug-likeness (QED) is 0.138. The minimum atomic E-state index is -1.86. The van der Waals surface area contributed by atoms with E-state index in [0.717, 1.165) is 56.9 Å². The standard InChI is InChI=1S/C45H58N2O19/c1-21(34(41(55)66-45(7,8)9)47-44(56)58-19-31-29-16-12-10-14-27(29)28-15-11-13-17-30(28)31)59-42-35(46-22(2)49)38(36(54)32(18-48)63-42)65-43-40(62-26(6)53)39(61-25(5)52)37(60-24(4)51)33(64-43)20-57-23(3)50/h10-17,21,31-40,42-43,48,54H,18-20H2,1-9H3,(H,46,49)(H,47,56)/t21-,32+,33+,34-,35+,36-,37-,38+,39-,40+,42-,43-/m0/s1. The molecule has 21 nitrogen and oxygen atoms in total. The van der Waals surface area contributed by atoms with Gasteiger partial charge in [-0.2, -0.15) is 0 Å². The first kappa shape index (κ1) is 51.3. The summed E-state index contributed by atoms with van der Waals surface area (Å²) in [6, 6.07) is 12.3. The second-order valence-corrected chi connectivity index (χ2v) is 16.9. The molecule has 3 aliphatic rings. The molecule has 0 saturated carbocycles. The van der Waals surface area contributed by atoms with E-state index in [1.54, 1.807) is 20.8 Å². The van der Waals surface area contributed by atoms with Gasteiger partial charge in [-0.25, -0.2) is 9.59 Å². The molecule has 12 atom stereocenters. The number of nitrogens with one attached hydrogen (secondary N) is 2. The molecule has 0 aromatic heterocycles. The molecular formula is C45H58N2O19. The summed E-state index contributed by atoms with van der Waals surface area (Å²) in [4.78, 5) is 89.4. The lowest BCUT2D eigenvalue weighted by molar-refractivity contribution is -0.349. The molecule has 0 spiro atoms. The molecule has 362 valence electrons. The number of ether oxygens (including phenoxy) is 10. The zero-order valence-electron chi connectivity index (χ0n) is 38.1. The Balaban J connectivity index is 1.45. The Kier molecular flexibility index (Phi) is 17.2.